The maximum atomic E-state index is 6.32. The topological polar surface area (TPSA) is 45.4 Å². The summed E-state index contributed by atoms with van der Waals surface area (Å²) < 4.78 is 5.89. The minimum absolute atomic E-state index is 0.106. The van der Waals surface area contributed by atoms with E-state index >= 15 is 0 Å². The largest absolute Gasteiger partial charge is 0.418 e. The van der Waals surface area contributed by atoms with Gasteiger partial charge in [-0.3, -0.25) is 4.90 Å². The van der Waals surface area contributed by atoms with Gasteiger partial charge in [0.1, 0.15) is 0 Å². The molecule has 3 aromatic rings. The van der Waals surface area contributed by atoms with Crippen molar-refractivity contribution in [2.75, 3.05) is 31.1 Å². The Hall–Kier alpha value is -1.89. The summed E-state index contributed by atoms with van der Waals surface area (Å²) in [6, 6.07) is 12.1. The lowest BCUT2D eigenvalue weighted by Crippen LogP contribution is -2.47. The molecule has 5 nitrogen and oxygen atoms in total. The zero-order chi connectivity index (χ0) is 17.2. The van der Waals surface area contributed by atoms with Gasteiger partial charge in [0.2, 0.25) is 5.89 Å². The number of rotatable bonds is 4. The van der Waals surface area contributed by atoms with Gasteiger partial charge in [0, 0.05) is 26.2 Å². The van der Waals surface area contributed by atoms with Crippen LogP contribution in [-0.4, -0.2) is 41.3 Å². The molecule has 4 rings (SSSR count). The molecule has 0 bridgehead atoms. The number of aromatic nitrogens is 2. The molecule has 25 heavy (non-hydrogen) atoms. The van der Waals surface area contributed by atoms with Crippen LogP contribution in [0.3, 0.4) is 0 Å². The van der Waals surface area contributed by atoms with E-state index in [9.17, 15) is 0 Å². The zero-order valence-corrected chi connectivity index (χ0v) is 15.5. The molecule has 0 radical (unpaired) electrons. The smallest absolute Gasteiger partial charge is 0.257 e. The van der Waals surface area contributed by atoms with Crippen LogP contribution in [0.15, 0.2) is 46.2 Å². The molecule has 3 heterocycles. The average molecular weight is 375 g/mol. The highest BCUT2D eigenvalue weighted by atomic mass is 35.5. The van der Waals surface area contributed by atoms with Gasteiger partial charge in [0.05, 0.1) is 21.6 Å². The normalized spacial score (nSPS) is 17.0. The first-order chi connectivity index (χ1) is 12.2. The van der Waals surface area contributed by atoms with Gasteiger partial charge in [-0.25, -0.2) is 0 Å². The molecule has 1 atom stereocenters. The molecule has 1 saturated heterocycles. The van der Waals surface area contributed by atoms with E-state index in [0.29, 0.717) is 11.8 Å². The predicted octanol–water partition coefficient (Wildman–Crippen LogP) is 4.33. The van der Waals surface area contributed by atoms with Crippen LogP contribution in [0.5, 0.6) is 0 Å². The lowest BCUT2D eigenvalue weighted by Gasteiger charge is -2.38. The molecule has 0 saturated carbocycles. The summed E-state index contributed by atoms with van der Waals surface area (Å²) in [5.41, 5.74) is 1.11. The quantitative estimate of drug-likeness (QED) is 0.680. The number of thiophene rings is 1. The Bertz CT molecular complexity index is 827. The van der Waals surface area contributed by atoms with Crippen molar-refractivity contribution >= 4 is 28.6 Å². The number of piperazine rings is 1. The summed E-state index contributed by atoms with van der Waals surface area (Å²) in [6.07, 6.45) is 0. The van der Waals surface area contributed by atoms with Gasteiger partial charge in [-0.2, -0.15) is 0 Å². The Balaban J connectivity index is 1.41. The molecular weight excluding hydrogens is 356 g/mol. The predicted molar refractivity (Wildman–Crippen MR) is 101 cm³/mol. The van der Waals surface area contributed by atoms with Gasteiger partial charge in [-0.1, -0.05) is 29.8 Å². The molecule has 7 heteroatoms. The van der Waals surface area contributed by atoms with Crippen molar-refractivity contribution in [1.29, 1.82) is 0 Å². The van der Waals surface area contributed by atoms with E-state index in [-0.39, 0.29) is 6.04 Å². The summed E-state index contributed by atoms with van der Waals surface area (Å²) >= 11 is 7.92. The molecule has 0 spiro atoms. The zero-order valence-electron chi connectivity index (χ0n) is 13.9. The Morgan fingerprint density at radius 3 is 2.60 bits per heavy atom. The highest BCUT2D eigenvalue weighted by molar-refractivity contribution is 7.13. The van der Waals surface area contributed by atoms with Crippen LogP contribution in [0, 0.1) is 0 Å². The standard InChI is InChI=1S/C18H19ClN4OS/c1-13(17-20-21-18(24-17)16-7-4-12-25-16)22-8-10-23(11-9-22)15-6-3-2-5-14(15)19/h2-7,12-13H,8-11H2,1H3. The van der Waals surface area contributed by atoms with Gasteiger partial charge in [-0.15, -0.1) is 21.5 Å². The van der Waals surface area contributed by atoms with Crippen molar-refractivity contribution in [2.45, 2.75) is 13.0 Å². The number of anilines is 1. The van der Waals surface area contributed by atoms with Crippen molar-refractivity contribution in [3.8, 4) is 10.8 Å². The molecule has 2 aromatic heterocycles. The highest BCUT2D eigenvalue weighted by Crippen LogP contribution is 2.29. The fourth-order valence-corrected chi connectivity index (χ4v) is 4.02. The second-order valence-electron chi connectivity index (χ2n) is 6.07. The van der Waals surface area contributed by atoms with E-state index in [0.717, 1.165) is 41.8 Å². The number of benzene rings is 1. The van der Waals surface area contributed by atoms with Crippen molar-refractivity contribution in [1.82, 2.24) is 15.1 Å². The minimum Gasteiger partial charge on any atom is -0.418 e. The third-order valence-corrected chi connectivity index (χ3v) is 5.76. The SMILES string of the molecule is CC(c1nnc(-c2cccs2)o1)N1CCN(c2ccccc2Cl)CC1. The maximum absolute atomic E-state index is 6.32. The average Bonchev–Trinajstić information content (AvgIpc) is 3.33. The molecule has 0 N–H and O–H groups in total. The Kier molecular flexibility index (Phi) is 4.74. The van der Waals surface area contributed by atoms with Gasteiger partial charge >= 0.3 is 0 Å². The number of hydrogen-bond donors (Lipinski definition) is 0. The fourth-order valence-electron chi connectivity index (χ4n) is 3.12. The Morgan fingerprint density at radius 2 is 1.88 bits per heavy atom. The Morgan fingerprint density at radius 1 is 1.08 bits per heavy atom. The second kappa shape index (κ2) is 7.15. The number of para-hydroxylation sites is 1. The van der Waals surface area contributed by atoms with Crippen LogP contribution in [0.1, 0.15) is 18.9 Å². The van der Waals surface area contributed by atoms with Gasteiger partial charge in [0.15, 0.2) is 0 Å². The summed E-state index contributed by atoms with van der Waals surface area (Å²) in [6.45, 7) is 5.85. The van der Waals surface area contributed by atoms with Crippen LogP contribution in [0.2, 0.25) is 5.02 Å². The third-order valence-electron chi connectivity index (χ3n) is 4.59. The van der Waals surface area contributed by atoms with Crippen molar-refractivity contribution < 1.29 is 4.42 Å². The monoisotopic (exact) mass is 374 g/mol. The van der Waals surface area contributed by atoms with Crippen LogP contribution in [0.4, 0.5) is 5.69 Å². The first kappa shape index (κ1) is 16.6. The van der Waals surface area contributed by atoms with Gasteiger partial charge < -0.3 is 9.32 Å². The molecule has 130 valence electrons. The molecule has 0 amide bonds. The van der Waals surface area contributed by atoms with Crippen LogP contribution in [0.25, 0.3) is 10.8 Å². The molecule has 1 unspecified atom stereocenters. The van der Waals surface area contributed by atoms with E-state index in [1.165, 1.54) is 0 Å². The molecular formula is C18H19ClN4OS. The number of hydrogen-bond acceptors (Lipinski definition) is 6. The van der Waals surface area contributed by atoms with E-state index in [1.807, 2.05) is 35.7 Å². The maximum Gasteiger partial charge on any atom is 0.257 e. The van der Waals surface area contributed by atoms with E-state index in [1.54, 1.807) is 11.3 Å². The molecule has 1 aliphatic rings. The van der Waals surface area contributed by atoms with Crippen molar-refractivity contribution in [2.24, 2.45) is 0 Å². The molecule has 0 aliphatic carbocycles. The Labute approximate surface area is 155 Å². The first-order valence-electron chi connectivity index (χ1n) is 8.33. The van der Waals surface area contributed by atoms with Crippen LogP contribution in [-0.2, 0) is 0 Å². The number of halogens is 1. The first-order valence-corrected chi connectivity index (χ1v) is 9.59. The van der Waals surface area contributed by atoms with Crippen LogP contribution < -0.4 is 4.90 Å². The summed E-state index contributed by atoms with van der Waals surface area (Å²) in [7, 11) is 0. The van der Waals surface area contributed by atoms with Crippen molar-refractivity contribution in [3.63, 3.8) is 0 Å². The van der Waals surface area contributed by atoms with Gasteiger partial charge in [0.25, 0.3) is 5.89 Å². The van der Waals surface area contributed by atoms with Crippen molar-refractivity contribution in [3.05, 3.63) is 52.7 Å². The molecule has 1 aliphatic heterocycles. The molecule has 1 fully saturated rings. The molecule has 1 aromatic carbocycles. The summed E-state index contributed by atoms with van der Waals surface area (Å²) in [5, 5.41) is 11.3. The van der Waals surface area contributed by atoms with E-state index in [2.05, 4.69) is 33.0 Å². The lowest BCUT2D eigenvalue weighted by molar-refractivity contribution is 0.174. The number of nitrogens with zero attached hydrogens (tertiary/aromatic N) is 4. The van der Waals surface area contributed by atoms with Gasteiger partial charge in [-0.05, 0) is 30.5 Å². The highest BCUT2D eigenvalue weighted by Gasteiger charge is 2.26. The van der Waals surface area contributed by atoms with E-state index < -0.39 is 0 Å². The van der Waals surface area contributed by atoms with E-state index in [4.69, 9.17) is 16.0 Å². The van der Waals surface area contributed by atoms with Crippen LogP contribution >= 0.6 is 22.9 Å². The second-order valence-corrected chi connectivity index (χ2v) is 7.43. The fraction of sp³-hybridized carbons (Fsp3) is 0.333. The minimum atomic E-state index is 0.106. The third kappa shape index (κ3) is 3.42. The lowest BCUT2D eigenvalue weighted by atomic mass is 10.2. The summed E-state index contributed by atoms with van der Waals surface area (Å²) in [4.78, 5) is 5.71. The summed E-state index contributed by atoms with van der Waals surface area (Å²) in [5.74, 6) is 1.28.